The molecule has 6 nitrogen and oxygen atoms in total. The van der Waals surface area contributed by atoms with Gasteiger partial charge in [0.25, 0.3) is 5.91 Å². The van der Waals surface area contributed by atoms with Gasteiger partial charge in [0.2, 0.25) is 5.91 Å². The number of nitrogens with one attached hydrogen (secondary N) is 2. The van der Waals surface area contributed by atoms with Gasteiger partial charge in [-0.3, -0.25) is 14.7 Å². The van der Waals surface area contributed by atoms with Gasteiger partial charge in [-0.25, -0.2) is 0 Å². The molecule has 0 unspecified atom stereocenters. The molecule has 0 spiro atoms. The second kappa shape index (κ2) is 7.29. The summed E-state index contributed by atoms with van der Waals surface area (Å²) in [5.74, 6) is -0.323. The number of para-hydroxylation sites is 1. The van der Waals surface area contributed by atoms with E-state index in [-0.39, 0.29) is 11.8 Å². The number of anilines is 1. The lowest BCUT2D eigenvalue weighted by Crippen LogP contribution is -2.43. The molecule has 6 heteroatoms. The second-order valence-electron chi connectivity index (χ2n) is 6.04. The van der Waals surface area contributed by atoms with Crippen molar-refractivity contribution in [1.82, 2.24) is 15.1 Å². The summed E-state index contributed by atoms with van der Waals surface area (Å²) in [4.78, 5) is 26.9. The van der Waals surface area contributed by atoms with Gasteiger partial charge in [-0.2, -0.15) is 5.10 Å². The summed E-state index contributed by atoms with van der Waals surface area (Å²) in [5.41, 5.74) is 2.08. The number of hydrogen-bond donors (Lipinski definition) is 2. The lowest BCUT2D eigenvalue weighted by Gasteiger charge is -2.23. The number of likely N-dealkylation sites (tertiary alicyclic amines) is 1. The number of hydrogen-bond acceptors (Lipinski definition) is 3. The van der Waals surface area contributed by atoms with Crippen LogP contribution in [0.15, 0.2) is 36.4 Å². The lowest BCUT2D eigenvalue weighted by molar-refractivity contribution is -0.119. The van der Waals surface area contributed by atoms with E-state index in [2.05, 4.69) is 22.4 Å². The van der Waals surface area contributed by atoms with Crippen LogP contribution in [0.5, 0.6) is 0 Å². The van der Waals surface area contributed by atoms with E-state index >= 15 is 0 Å². The summed E-state index contributed by atoms with van der Waals surface area (Å²) in [6.45, 7) is 2.66. The van der Waals surface area contributed by atoms with Gasteiger partial charge in [-0.05, 0) is 37.5 Å². The number of carbonyl (C=O) groups excluding carboxylic acids is 2. The van der Waals surface area contributed by atoms with Gasteiger partial charge < -0.3 is 10.2 Å². The van der Waals surface area contributed by atoms with E-state index < -0.39 is 6.04 Å². The van der Waals surface area contributed by atoms with E-state index in [1.807, 2.05) is 30.3 Å². The minimum absolute atomic E-state index is 0.142. The highest BCUT2D eigenvalue weighted by atomic mass is 16.2. The maximum Gasteiger partial charge on any atom is 0.275 e. The highest BCUT2D eigenvalue weighted by molar-refractivity contribution is 6.00. The zero-order valence-electron chi connectivity index (χ0n) is 13.8. The maximum absolute atomic E-state index is 12.7. The number of carbonyl (C=O) groups is 2. The van der Waals surface area contributed by atoms with Gasteiger partial charge in [0, 0.05) is 17.9 Å². The number of amides is 2. The molecule has 2 N–H and O–H groups in total. The Morgan fingerprint density at radius 3 is 2.88 bits per heavy atom. The molecular formula is C18H22N4O2. The monoisotopic (exact) mass is 326 g/mol. The molecule has 1 aliphatic rings. The third kappa shape index (κ3) is 3.48. The Hall–Kier alpha value is -2.63. The molecule has 1 atom stereocenters. The topological polar surface area (TPSA) is 78.1 Å². The Kier molecular flexibility index (Phi) is 4.93. The molecule has 1 aromatic carbocycles. The minimum Gasteiger partial charge on any atom is -0.325 e. The van der Waals surface area contributed by atoms with Crippen molar-refractivity contribution >= 4 is 17.5 Å². The molecule has 0 radical (unpaired) electrons. The van der Waals surface area contributed by atoms with Gasteiger partial charge >= 0.3 is 0 Å². The zero-order valence-corrected chi connectivity index (χ0v) is 13.8. The Balaban J connectivity index is 1.70. The number of rotatable bonds is 5. The van der Waals surface area contributed by atoms with Crippen LogP contribution in [-0.2, 0) is 11.2 Å². The van der Waals surface area contributed by atoms with Crippen LogP contribution in [0.25, 0.3) is 0 Å². The van der Waals surface area contributed by atoms with Crippen LogP contribution in [0.4, 0.5) is 5.69 Å². The number of aryl methyl sites for hydroxylation is 1. The summed E-state index contributed by atoms with van der Waals surface area (Å²) in [7, 11) is 0. The van der Waals surface area contributed by atoms with Crippen LogP contribution in [0.1, 0.15) is 42.4 Å². The molecule has 3 rings (SSSR count). The van der Waals surface area contributed by atoms with Crippen LogP contribution in [0.3, 0.4) is 0 Å². The average molecular weight is 326 g/mol. The van der Waals surface area contributed by atoms with Gasteiger partial charge in [0.15, 0.2) is 0 Å². The van der Waals surface area contributed by atoms with Crippen molar-refractivity contribution in [2.24, 2.45) is 0 Å². The molecule has 2 aromatic rings. The molecule has 24 heavy (non-hydrogen) atoms. The molecule has 0 saturated carbocycles. The van der Waals surface area contributed by atoms with Crippen molar-refractivity contribution in [3.63, 3.8) is 0 Å². The number of benzene rings is 1. The quantitative estimate of drug-likeness (QED) is 0.886. The maximum atomic E-state index is 12.7. The van der Waals surface area contributed by atoms with E-state index in [1.165, 1.54) is 0 Å². The SMILES string of the molecule is CCCc1cc(C(=O)N2CCC[C@H]2C(=O)Nc2ccccc2)n[nH]1. The van der Waals surface area contributed by atoms with Crippen LogP contribution >= 0.6 is 0 Å². The first kappa shape index (κ1) is 16.2. The molecule has 1 aliphatic heterocycles. The fraction of sp³-hybridized carbons (Fsp3) is 0.389. The van der Waals surface area contributed by atoms with Gasteiger partial charge in [0.05, 0.1) is 0 Å². The molecule has 1 aromatic heterocycles. The fourth-order valence-electron chi connectivity index (χ4n) is 3.05. The summed E-state index contributed by atoms with van der Waals surface area (Å²) in [5, 5.41) is 9.89. The number of nitrogens with zero attached hydrogens (tertiary/aromatic N) is 2. The third-order valence-electron chi connectivity index (χ3n) is 4.23. The summed E-state index contributed by atoms with van der Waals surface area (Å²) >= 11 is 0. The first-order valence-corrected chi connectivity index (χ1v) is 8.40. The van der Waals surface area contributed by atoms with Crippen LogP contribution in [0.2, 0.25) is 0 Å². The van der Waals surface area contributed by atoms with E-state index in [0.29, 0.717) is 18.7 Å². The van der Waals surface area contributed by atoms with Crippen LogP contribution < -0.4 is 5.32 Å². The van der Waals surface area contributed by atoms with Crippen molar-refractivity contribution in [3.8, 4) is 0 Å². The normalized spacial score (nSPS) is 17.0. The zero-order chi connectivity index (χ0) is 16.9. The predicted molar refractivity (Wildman–Crippen MR) is 91.7 cm³/mol. The minimum atomic E-state index is -0.441. The average Bonchev–Trinajstić information content (AvgIpc) is 3.25. The standard InChI is InChI=1S/C18H22N4O2/c1-2-7-14-12-15(21-20-14)18(24)22-11-6-10-16(22)17(23)19-13-8-4-3-5-9-13/h3-5,8-9,12,16H,2,6-7,10-11H2,1H3,(H,19,23)(H,20,21)/t16-/m0/s1. The first-order chi connectivity index (χ1) is 11.7. The molecular weight excluding hydrogens is 304 g/mol. The highest BCUT2D eigenvalue weighted by Gasteiger charge is 2.35. The first-order valence-electron chi connectivity index (χ1n) is 8.40. The molecule has 1 saturated heterocycles. The van der Waals surface area contributed by atoms with Gasteiger partial charge in [0.1, 0.15) is 11.7 Å². The fourth-order valence-corrected chi connectivity index (χ4v) is 3.05. The third-order valence-corrected chi connectivity index (χ3v) is 4.23. The summed E-state index contributed by atoms with van der Waals surface area (Å²) in [6.07, 6.45) is 3.35. The summed E-state index contributed by atoms with van der Waals surface area (Å²) in [6, 6.07) is 10.7. The largest absolute Gasteiger partial charge is 0.325 e. The van der Waals surface area contributed by atoms with E-state index in [0.717, 1.165) is 30.6 Å². The Morgan fingerprint density at radius 1 is 1.33 bits per heavy atom. The van der Waals surface area contributed by atoms with Crippen molar-refractivity contribution in [3.05, 3.63) is 47.8 Å². The molecule has 2 heterocycles. The Bertz CT molecular complexity index is 711. The van der Waals surface area contributed by atoms with Crippen molar-refractivity contribution in [2.45, 2.75) is 38.6 Å². The van der Waals surface area contributed by atoms with Crippen LogP contribution in [0, 0.1) is 0 Å². The van der Waals surface area contributed by atoms with Gasteiger partial charge in [-0.1, -0.05) is 31.5 Å². The molecule has 1 fully saturated rings. The van der Waals surface area contributed by atoms with E-state index in [1.54, 1.807) is 11.0 Å². The van der Waals surface area contributed by atoms with Crippen molar-refractivity contribution in [2.75, 3.05) is 11.9 Å². The smallest absolute Gasteiger partial charge is 0.275 e. The van der Waals surface area contributed by atoms with Gasteiger partial charge in [-0.15, -0.1) is 0 Å². The number of aromatic nitrogens is 2. The van der Waals surface area contributed by atoms with Crippen molar-refractivity contribution < 1.29 is 9.59 Å². The van der Waals surface area contributed by atoms with Crippen molar-refractivity contribution in [1.29, 1.82) is 0 Å². The molecule has 126 valence electrons. The number of aromatic amines is 1. The van der Waals surface area contributed by atoms with E-state index in [4.69, 9.17) is 0 Å². The van der Waals surface area contributed by atoms with E-state index in [9.17, 15) is 9.59 Å². The molecule has 0 bridgehead atoms. The lowest BCUT2D eigenvalue weighted by atomic mass is 10.2. The predicted octanol–water partition coefficient (Wildman–Crippen LogP) is 2.61. The Labute approximate surface area is 141 Å². The van der Waals surface area contributed by atoms with Crippen LogP contribution in [-0.4, -0.2) is 39.5 Å². The second-order valence-corrected chi connectivity index (χ2v) is 6.04. The number of H-pyrrole nitrogens is 1. The Morgan fingerprint density at radius 2 is 2.12 bits per heavy atom. The molecule has 0 aliphatic carbocycles. The molecule has 2 amide bonds. The summed E-state index contributed by atoms with van der Waals surface area (Å²) < 4.78 is 0. The highest BCUT2D eigenvalue weighted by Crippen LogP contribution is 2.21.